The average molecular weight is 555 g/mol. The fraction of sp³-hybridized carbons (Fsp3) is 0.200. The first-order chi connectivity index (χ1) is 18.2. The van der Waals surface area contributed by atoms with Crippen molar-refractivity contribution in [2.45, 2.75) is 24.2 Å². The third-order valence-electron chi connectivity index (χ3n) is 6.21. The van der Waals surface area contributed by atoms with Crippen LogP contribution in [0.2, 0.25) is 0 Å². The summed E-state index contributed by atoms with van der Waals surface area (Å²) < 4.78 is 29.4. The average Bonchev–Trinajstić information content (AvgIpc) is 3.32. The molecule has 11 nitrogen and oxygen atoms in total. The third kappa shape index (κ3) is 4.50. The van der Waals surface area contributed by atoms with Crippen LogP contribution in [0.5, 0.6) is 0 Å². The van der Waals surface area contributed by atoms with Crippen LogP contribution >= 0.6 is 11.3 Å². The topological polar surface area (TPSA) is 159 Å². The van der Waals surface area contributed by atoms with Gasteiger partial charge in [-0.25, -0.2) is 17.8 Å². The first-order valence-corrected chi connectivity index (χ1v) is 14.0. The molecule has 3 heterocycles. The number of aliphatic carboxylic acids is 1. The van der Waals surface area contributed by atoms with Gasteiger partial charge in [0.2, 0.25) is 0 Å². The maximum absolute atomic E-state index is 13.6. The quantitative estimate of drug-likeness (QED) is 0.315. The Balaban J connectivity index is 1.57. The number of para-hydroxylation sites is 1. The summed E-state index contributed by atoms with van der Waals surface area (Å²) in [4.78, 5) is 52.2. The van der Waals surface area contributed by atoms with Crippen molar-refractivity contribution in [3.8, 4) is 5.69 Å². The minimum atomic E-state index is -4.01. The minimum Gasteiger partial charge on any atom is -0.481 e. The number of thiophene rings is 1. The summed E-state index contributed by atoms with van der Waals surface area (Å²) in [7, 11) is -4.01. The highest BCUT2D eigenvalue weighted by molar-refractivity contribution is 7.92. The molecular weight excluding hydrogens is 532 g/mol. The molecule has 2 aromatic carbocycles. The maximum atomic E-state index is 13.6. The van der Waals surface area contributed by atoms with Gasteiger partial charge < -0.3 is 15.4 Å². The van der Waals surface area contributed by atoms with E-state index in [1.54, 1.807) is 12.1 Å². The highest BCUT2D eigenvalue weighted by atomic mass is 32.2. The number of benzene rings is 2. The molecule has 1 aliphatic heterocycles. The van der Waals surface area contributed by atoms with Crippen LogP contribution in [0, 0.1) is 0 Å². The molecule has 0 radical (unpaired) electrons. The van der Waals surface area contributed by atoms with Gasteiger partial charge in [-0.2, -0.15) is 0 Å². The first-order valence-electron chi connectivity index (χ1n) is 11.7. The van der Waals surface area contributed by atoms with Crippen LogP contribution in [0.3, 0.4) is 0 Å². The standard InChI is InChI=1S/C25H22N4O7S2/c30-20(31)10-11-26-23(32)22-21-18(14-37-22)27-25(34)29(24(21)33)16-7-3-8-17(13-16)38(35,36)28-12-4-6-15-5-1-2-9-19(15)28/h1-3,5,7-9,13-14H,4,6,10-12H2,(H,26,32)(H,27,34)(H,30,31). The van der Waals surface area contributed by atoms with Gasteiger partial charge in [0.1, 0.15) is 4.88 Å². The van der Waals surface area contributed by atoms with E-state index >= 15 is 0 Å². The molecule has 0 unspecified atom stereocenters. The van der Waals surface area contributed by atoms with Crippen LogP contribution < -0.4 is 20.9 Å². The molecule has 0 spiro atoms. The second-order valence-corrected chi connectivity index (χ2v) is 11.4. The lowest BCUT2D eigenvalue weighted by Gasteiger charge is -2.30. The van der Waals surface area contributed by atoms with Crippen molar-refractivity contribution >= 4 is 49.8 Å². The predicted molar refractivity (Wildman–Crippen MR) is 142 cm³/mol. The number of hydrogen-bond donors (Lipinski definition) is 3. The predicted octanol–water partition coefficient (Wildman–Crippen LogP) is 2.09. The Bertz CT molecular complexity index is 1800. The van der Waals surface area contributed by atoms with Gasteiger partial charge in [-0.15, -0.1) is 11.3 Å². The number of carbonyl (C=O) groups excluding carboxylic acids is 1. The fourth-order valence-corrected chi connectivity index (χ4v) is 6.95. The molecular formula is C25H22N4O7S2. The highest BCUT2D eigenvalue weighted by Gasteiger charge is 2.29. The van der Waals surface area contributed by atoms with E-state index in [0.29, 0.717) is 18.7 Å². The number of amides is 1. The van der Waals surface area contributed by atoms with Gasteiger partial charge >= 0.3 is 11.7 Å². The number of nitrogens with one attached hydrogen (secondary N) is 2. The monoisotopic (exact) mass is 554 g/mol. The van der Waals surface area contributed by atoms with E-state index in [1.807, 2.05) is 12.1 Å². The Morgan fingerprint density at radius 3 is 2.68 bits per heavy atom. The SMILES string of the molecule is O=C(O)CCNC(=O)c1scc2[nH]c(=O)n(-c3cccc(S(=O)(=O)N4CCCc5ccccc54)c3)c(=O)c12. The fourth-order valence-electron chi connectivity index (χ4n) is 4.46. The Morgan fingerprint density at radius 1 is 1.11 bits per heavy atom. The summed E-state index contributed by atoms with van der Waals surface area (Å²) in [6, 6.07) is 12.8. The Labute approximate surface area is 220 Å². The van der Waals surface area contributed by atoms with Crippen molar-refractivity contribution in [2.24, 2.45) is 0 Å². The third-order valence-corrected chi connectivity index (χ3v) is 9.00. The van der Waals surface area contributed by atoms with E-state index in [9.17, 15) is 27.6 Å². The van der Waals surface area contributed by atoms with Crippen LogP contribution in [0.15, 0.2) is 68.4 Å². The molecule has 0 aliphatic carbocycles. The minimum absolute atomic E-state index is 0.00842. The zero-order valence-corrected chi connectivity index (χ0v) is 21.5. The Hall–Kier alpha value is -4.23. The molecule has 0 saturated carbocycles. The summed E-state index contributed by atoms with van der Waals surface area (Å²) in [6.45, 7) is 0.163. The van der Waals surface area contributed by atoms with Crippen LogP contribution in [0.25, 0.3) is 16.6 Å². The number of sulfonamides is 1. The molecule has 2 aromatic heterocycles. The number of anilines is 1. The molecule has 13 heteroatoms. The number of nitrogens with zero attached hydrogens (tertiary/aromatic N) is 2. The molecule has 196 valence electrons. The molecule has 38 heavy (non-hydrogen) atoms. The largest absolute Gasteiger partial charge is 0.481 e. The summed E-state index contributed by atoms with van der Waals surface area (Å²) in [5, 5.41) is 12.6. The van der Waals surface area contributed by atoms with Crippen molar-refractivity contribution in [3.63, 3.8) is 0 Å². The second kappa shape index (κ2) is 9.91. The molecule has 0 saturated heterocycles. The summed E-state index contributed by atoms with van der Waals surface area (Å²) in [5.74, 6) is -1.74. The van der Waals surface area contributed by atoms with Gasteiger partial charge in [-0.3, -0.25) is 18.7 Å². The molecule has 0 bridgehead atoms. The molecule has 4 aromatic rings. The normalized spacial score (nSPS) is 13.3. The van der Waals surface area contributed by atoms with Crippen molar-refractivity contribution < 1.29 is 23.1 Å². The molecule has 0 atom stereocenters. The van der Waals surface area contributed by atoms with E-state index in [-0.39, 0.29) is 39.3 Å². The summed E-state index contributed by atoms with van der Waals surface area (Å²) in [6.07, 6.45) is 1.12. The number of hydrogen-bond acceptors (Lipinski definition) is 7. The lowest BCUT2D eigenvalue weighted by molar-refractivity contribution is -0.136. The number of carbonyl (C=O) groups is 2. The lowest BCUT2D eigenvalue weighted by atomic mass is 10.0. The van der Waals surface area contributed by atoms with E-state index in [0.717, 1.165) is 27.9 Å². The van der Waals surface area contributed by atoms with Gasteiger partial charge in [-0.05, 0) is 42.7 Å². The molecule has 1 amide bonds. The highest BCUT2D eigenvalue weighted by Crippen LogP contribution is 2.32. The molecule has 5 rings (SSSR count). The zero-order chi connectivity index (χ0) is 27.0. The molecule has 0 fully saturated rings. The maximum Gasteiger partial charge on any atom is 0.333 e. The van der Waals surface area contributed by atoms with Crippen molar-refractivity contribution in [1.29, 1.82) is 0 Å². The van der Waals surface area contributed by atoms with Gasteiger partial charge in [0, 0.05) is 18.5 Å². The number of aromatic amines is 1. The number of aromatic nitrogens is 2. The van der Waals surface area contributed by atoms with E-state index < -0.39 is 33.1 Å². The van der Waals surface area contributed by atoms with Gasteiger partial charge in [0.15, 0.2) is 0 Å². The van der Waals surface area contributed by atoms with Crippen molar-refractivity contribution in [1.82, 2.24) is 14.9 Å². The van der Waals surface area contributed by atoms with Crippen molar-refractivity contribution in [3.05, 3.63) is 85.2 Å². The lowest BCUT2D eigenvalue weighted by Crippen LogP contribution is -2.36. The smallest absolute Gasteiger partial charge is 0.333 e. The number of rotatable bonds is 7. The van der Waals surface area contributed by atoms with Crippen molar-refractivity contribution in [2.75, 3.05) is 17.4 Å². The number of H-pyrrole nitrogens is 1. The van der Waals surface area contributed by atoms with Crippen LogP contribution in [-0.2, 0) is 21.2 Å². The van der Waals surface area contributed by atoms with Crippen LogP contribution in [0.4, 0.5) is 5.69 Å². The first kappa shape index (κ1) is 25.4. The summed E-state index contributed by atoms with van der Waals surface area (Å²) in [5.41, 5.74) is 0.0918. The van der Waals surface area contributed by atoms with Crippen LogP contribution in [0.1, 0.15) is 28.1 Å². The van der Waals surface area contributed by atoms with E-state index in [1.165, 1.54) is 34.0 Å². The number of carboxylic acids is 1. The summed E-state index contributed by atoms with van der Waals surface area (Å²) >= 11 is 0.931. The van der Waals surface area contributed by atoms with Gasteiger partial charge in [0.05, 0.1) is 33.6 Å². The Morgan fingerprint density at radius 2 is 1.89 bits per heavy atom. The van der Waals surface area contributed by atoms with Gasteiger partial charge in [-0.1, -0.05) is 24.3 Å². The number of carboxylic acid groups (broad SMARTS) is 1. The van der Waals surface area contributed by atoms with Gasteiger partial charge in [0.25, 0.3) is 21.5 Å². The van der Waals surface area contributed by atoms with Crippen LogP contribution in [-0.4, -0.2) is 48.0 Å². The zero-order valence-electron chi connectivity index (χ0n) is 19.8. The Kier molecular flexibility index (Phi) is 6.63. The van der Waals surface area contributed by atoms with E-state index in [2.05, 4.69) is 10.3 Å². The molecule has 1 aliphatic rings. The second-order valence-electron chi connectivity index (χ2n) is 8.63. The van der Waals surface area contributed by atoms with E-state index in [4.69, 9.17) is 5.11 Å². The number of fused-ring (bicyclic) bond motifs is 2. The number of aryl methyl sites for hydroxylation is 1. The molecule has 3 N–H and O–H groups in total.